The summed E-state index contributed by atoms with van der Waals surface area (Å²) in [5.41, 5.74) is 0.485. The minimum atomic E-state index is -2.71. The molecule has 0 spiro atoms. The molecule has 2 aromatic heterocycles. The highest BCUT2D eigenvalue weighted by Gasteiger charge is 2.56. The molecule has 3 aliphatic rings. The van der Waals surface area contributed by atoms with E-state index < -0.39 is 23.6 Å². The van der Waals surface area contributed by atoms with E-state index in [0.717, 1.165) is 30.2 Å². The highest BCUT2D eigenvalue weighted by Crippen LogP contribution is 2.50. The predicted molar refractivity (Wildman–Crippen MR) is 146 cm³/mol. The Morgan fingerprint density at radius 3 is 2.58 bits per heavy atom. The van der Waals surface area contributed by atoms with Gasteiger partial charge < -0.3 is 19.6 Å². The SMILES string of the molecule is CN1CCCC1COc1nc(N2CC3CCC(C2)C3(F)F)c2cnc(-c3cc(O)cc4ccccc34)c(F)c2n1. The first kappa shape index (κ1) is 25.3. The summed E-state index contributed by atoms with van der Waals surface area (Å²) in [6.45, 7) is 1.58. The van der Waals surface area contributed by atoms with E-state index in [1.807, 2.05) is 36.2 Å². The van der Waals surface area contributed by atoms with Gasteiger partial charge in [-0.2, -0.15) is 9.97 Å². The third kappa shape index (κ3) is 4.11. The van der Waals surface area contributed by atoms with Crippen LogP contribution in [0.4, 0.5) is 19.0 Å². The van der Waals surface area contributed by atoms with Crippen molar-refractivity contribution in [3.63, 3.8) is 0 Å². The minimum absolute atomic E-state index is 0.00667. The number of fused-ring (bicyclic) bond motifs is 4. The number of hydrogen-bond acceptors (Lipinski definition) is 7. The van der Waals surface area contributed by atoms with Gasteiger partial charge in [-0.15, -0.1) is 0 Å². The lowest BCUT2D eigenvalue weighted by Gasteiger charge is -2.38. The maximum Gasteiger partial charge on any atom is 0.319 e. The number of nitrogens with zero attached hydrogens (tertiary/aromatic N) is 5. The lowest BCUT2D eigenvalue weighted by atomic mass is 9.93. The Morgan fingerprint density at radius 1 is 1.05 bits per heavy atom. The van der Waals surface area contributed by atoms with Crippen LogP contribution in [0.2, 0.25) is 0 Å². The zero-order valence-corrected chi connectivity index (χ0v) is 22.2. The molecular weight excluding hydrogens is 519 g/mol. The first-order valence-electron chi connectivity index (χ1n) is 13.8. The molecule has 7 nitrogen and oxygen atoms in total. The average Bonchev–Trinajstić information content (AvgIpc) is 3.36. The van der Waals surface area contributed by atoms with Gasteiger partial charge in [0, 0.05) is 42.7 Å². The number of pyridine rings is 1. The Morgan fingerprint density at radius 2 is 1.82 bits per heavy atom. The van der Waals surface area contributed by atoms with E-state index in [1.54, 1.807) is 6.07 Å². The van der Waals surface area contributed by atoms with Crippen molar-refractivity contribution in [1.82, 2.24) is 19.9 Å². The van der Waals surface area contributed by atoms with Crippen molar-refractivity contribution >= 4 is 27.5 Å². The van der Waals surface area contributed by atoms with E-state index in [9.17, 15) is 13.9 Å². The van der Waals surface area contributed by atoms with Gasteiger partial charge in [0.15, 0.2) is 5.82 Å². The van der Waals surface area contributed by atoms with Crippen LogP contribution in [0.25, 0.3) is 32.9 Å². The highest BCUT2D eigenvalue weighted by atomic mass is 19.3. The Balaban J connectivity index is 1.35. The number of ether oxygens (including phenoxy) is 1. The molecule has 2 saturated heterocycles. The van der Waals surface area contributed by atoms with Crippen LogP contribution in [-0.2, 0) is 0 Å². The summed E-state index contributed by atoms with van der Waals surface area (Å²) in [6, 6.07) is 10.7. The normalized spacial score (nSPS) is 24.3. The number of hydrogen-bond donors (Lipinski definition) is 1. The zero-order chi connectivity index (χ0) is 27.6. The topological polar surface area (TPSA) is 74.6 Å². The number of aromatic nitrogens is 3. The summed E-state index contributed by atoms with van der Waals surface area (Å²) in [4.78, 5) is 17.6. The van der Waals surface area contributed by atoms with Crippen molar-refractivity contribution in [3.8, 4) is 23.0 Å². The van der Waals surface area contributed by atoms with Gasteiger partial charge in [-0.3, -0.25) is 4.98 Å². The summed E-state index contributed by atoms with van der Waals surface area (Å²) >= 11 is 0. The summed E-state index contributed by atoms with van der Waals surface area (Å²) < 4.78 is 51.9. The molecule has 1 aliphatic carbocycles. The molecule has 1 saturated carbocycles. The Labute approximate surface area is 229 Å². The van der Waals surface area contributed by atoms with Gasteiger partial charge in [0.25, 0.3) is 5.92 Å². The first-order valence-corrected chi connectivity index (χ1v) is 13.8. The molecule has 3 fully saturated rings. The van der Waals surface area contributed by atoms with Gasteiger partial charge in [-0.1, -0.05) is 24.3 Å². The number of phenols is 1. The maximum absolute atomic E-state index is 16.4. The van der Waals surface area contributed by atoms with Crippen molar-refractivity contribution in [2.75, 3.05) is 38.2 Å². The maximum atomic E-state index is 16.4. The van der Waals surface area contributed by atoms with Crippen molar-refractivity contribution in [2.45, 2.75) is 37.6 Å². The van der Waals surface area contributed by atoms with E-state index in [-0.39, 0.29) is 42.1 Å². The highest BCUT2D eigenvalue weighted by molar-refractivity contribution is 5.99. The molecule has 2 aromatic carbocycles. The Bertz CT molecular complexity index is 1600. The van der Waals surface area contributed by atoms with E-state index in [2.05, 4.69) is 19.9 Å². The van der Waals surface area contributed by atoms with Gasteiger partial charge in [0.05, 0.1) is 5.39 Å². The molecule has 4 aromatic rings. The van der Waals surface area contributed by atoms with Crippen molar-refractivity contribution in [3.05, 3.63) is 48.4 Å². The number of benzene rings is 2. The minimum Gasteiger partial charge on any atom is -0.508 e. The number of rotatable bonds is 5. The molecule has 1 N–H and O–H groups in total. The monoisotopic (exact) mass is 549 g/mol. The van der Waals surface area contributed by atoms with Gasteiger partial charge in [0.1, 0.15) is 29.4 Å². The molecule has 10 heteroatoms. The third-order valence-electron chi connectivity index (χ3n) is 8.95. The Hall–Kier alpha value is -3.66. The standard InChI is InChI=1S/C30H30F3N5O2/c1-37-10-4-6-20(37)16-40-29-35-27-24(28(36-29)38-14-18-8-9-19(15-38)30(18,32)33)13-34-26(25(27)31)23-12-21(39)11-17-5-2-3-7-22(17)23/h2-3,5,7,11-13,18-20,39H,4,6,8-10,14-16H2,1H3. The number of halogens is 3. The molecule has 2 bridgehead atoms. The lowest BCUT2D eigenvalue weighted by molar-refractivity contribution is -0.0830. The molecule has 3 unspecified atom stereocenters. The van der Waals surface area contributed by atoms with Crippen molar-refractivity contribution in [2.24, 2.45) is 11.8 Å². The van der Waals surface area contributed by atoms with Crippen LogP contribution in [-0.4, -0.2) is 70.2 Å². The number of likely N-dealkylation sites (tertiary alicyclic amines) is 1. The fourth-order valence-electron chi connectivity index (χ4n) is 6.69. The summed E-state index contributed by atoms with van der Waals surface area (Å²) in [7, 11) is 2.04. The quantitative estimate of drug-likeness (QED) is 0.345. The summed E-state index contributed by atoms with van der Waals surface area (Å²) in [6.07, 6.45) is 4.46. The molecule has 7 rings (SSSR count). The van der Waals surface area contributed by atoms with Gasteiger partial charge in [-0.05, 0) is 62.2 Å². The van der Waals surface area contributed by atoms with Crippen LogP contribution in [0.3, 0.4) is 0 Å². The second-order valence-corrected chi connectivity index (χ2v) is 11.4. The van der Waals surface area contributed by atoms with Crippen LogP contribution in [0.1, 0.15) is 25.7 Å². The van der Waals surface area contributed by atoms with Gasteiger partial charge >= 0.3 is 6.01 Å². The molecule has 3 atom stereocenters. The van der Waals surface area contributed by atoms with Crippen LogP contribution in [0.5, 0.6) is 11.8 Å². The molecule has 4 heterocycles. The average molecular weight is 550 g/mol. The Kier molecular flexibility index (Phi) is 5.99. The molecule has 40 heavy (non-hydrogen) atoms. The second-order valence-electron chi connectivity index (χ2n) is 11.4. The molecule has 2 aliphatic heterocycles. The van der Waals surface area contributed by atoms with Crippen LogP contribution < -0.4 is 9.64 Å². The van der Waals surface area contributed by atoms with Crippen molar-refractivity contribution < 1.29 is 23.0 Å². The van der Waals surface area contributed by atoms with Crippen LogP contribution in [0.15, 0.2) is 42.6 Å². The van der Waals surface area contributed by atoms with Crippen molar-refractivity contribution in [1.29, 1.82) is 0 Å². The van der Waals surface area contributed by atoms with E-state index in [1.165, 1.54) is 12.3 Å². The van der Waals surface area contributed by atoms with Crippen LogP contribution >= 0.6 is 0 Å². The molecule has 0 amide bonds. The van der Waals surface area contributed by atoms with E-state index >= 15 is 4.39 Å². The fraction of sp³-hybridized carbons (Fsp3) is 0.433. The number of phenolic OH excluding ortho intramolecular Hbond substituents is 1. The first-order chi connectivity index (χ1) is 19.3. The number of alkyl halides is 2. The predicted octanol–water partition coefficient (Wildman–Crippen LogP) is 5.64. The summed E-state index contributed by atoms with van der Waals surface area (Å²) in [5.74, 6) is -4.57. The third-order valence-corrected chi connectivity index (χ3v) is 8.95. The number of aromatic hydroxyl groups is 1. The van der Waals surface area contributed by atoms with E-state index in [0.29, 0.717) is 36.2 Å². The number of likely N-dealkylation sites (N-methyl/N-ethyl adjacent to an activating group) is 1. The number of piperidine rings is 1. The number of anilines is 1. The van der Waals surface area contributed by atoms with Gasteiger partial charge in [0.2, 0.25) is 0 Å². The summed E-state index contributed by atoms with van der Waals surface area (Å²) in [5, 5.41) is 12.2. The van der Waals surface area contributed by atoms with Crippen LogP contribution in [0, 0.1) is 17.7 Å². The molecule has 0 radical (unpaired) electrons. The fourth-order valence-corrected chi connectivity index (χ4v) is 6.69. The second kappa shape index (κ2) is 9.47. The zero-order valence-electron chi connectivity index (χ0n) is 22.2. The smallest absolute Gasteiger partial charge is 0.319 e. The molecular formula is C30H30F3N5O2. The molecule has 208 valence electrons. The largest absolute Gasteiger partial charge is 0.508 e. The van der Waals surface area contributed by atoms with Gasteiger partial charge in [-0.25, -0.2) is 13.2 Å². The lowest BCUT2D eigenvalue weighted by Crippen LogP contribution is -2.49. The van der Waals surface area contributed by atoms with E-state index in [4.69, 9.17) is 4.74 Å².